The Morgan fingerprint density at radius 3 is 2.35 bits per heavy atom. The van der Waals surface area contributed by atoms with Crippen molar-refractivity contribution in [2.45, 2.75) is 38.7 Å². The average molecular weight is 244 g/mol. The number of carboxylic acids is 1. The molecule has 0 aliphatic heterocycles. The standard InChI is InChI=1S/C11H20N2O4/c1-3-11(4-5-11)7-13-9(16)12-6-10(2,17)8(14)15/h17H,3-7H2,1-2H3,(H,14,15)(H2,12,13,16). The van der Waals surface area contributed by atoms with Crippen molar-refractivity contribution in [3.05, 3.63) is 0 Å². The van der Waals surface area contributed by atoms with Crippen molar-refractivity contribution in [3.63, 3.8) is 0 Å². The summed E-state index contributed by atoms with van der Waals surface area (Å²) < 4.78 is 0. The summed E-state index contributed by atoms with van der Waals surface area (Å²) in [7, 11) is 0. The third kappa shape index (κ3) is 3.89. The first-order chi connectivity index (χ1) is 7.81. The number of carbonyl (C=O) groups is 2. The maximum atomic E-state index is 11.4. The van der Waals surface area contributed by atoms with E-state index in [1.807, 2.05) is 0 Å². The van der Waals surface area contributed by atoms with E-state index in [0.29, 0.717) is 6.54 Å². The van der Waals surface area contributed by atoms with Crippen LogP contribution in [0.3, 0.4) is 0 Å². The van der Waals surface area contributed by atoms with E-state index in [4.69, 9.17) is 5.11 Å². The fraction of sp³-hybridized carbons (Fsp3) is 0.818. The molecule has 0 radical (unpaired) electrons. The molecule has 1 saturated carbocycles. The minimum atomic E-state index is -1.93. The molecule has 0 bridgehead atoms. The summed E-state index contributed by atoms with van der Waals surface area (Å²) in [6, 6.07) is -0.439. The van der Waals surface area contributed by atoms with Gasteiger partial charge in [0.15, 0.2) is 5.60 Å². The molecule has 17 heavy (non-hydrogen) atoms. The summed E-state index contributed by atoms with van der Waals surface area (Å²) >= 11 is 0. The highest BCUT2D eigenvalue weighted by atomic mass is 16.4. The second kappa shape index (κ2) is 4.91. The molecule has 2 amide bonds. The summed E-state index contributed by atoms with van der Waals surface area (Å²) in [6.45, 7) is 3.52. The summed E-state index contributed by atoms with van der Waals surface area (Å²) in [5.74, 6) is -1.36. The number of urea groups is 1. The normalized spacial score (nSPS) is 20.2. The van der Waals surface area contributed by atoms with E-state index < -0.39 is 17.6 Å². The van der Waals surface area contributed by atoms with Crippen molar-refractivity contribution in [2.24, 2.45) is 5.41 Å². The molecular formula is C11H20N2O4. The SMILES string of the molecule is CCC1(CNC(=O)NCC(C)(O)C(=O)O)CC1. The van der Waals surface area contributed by atoms with Gasteiger partial charge in [-0.1, -0.05) is 6.92 Å². The van der Waals surface area contributed by atoms with E-state index in [-0.39, 0.29) is 12.0 Å². The molecule has 1 unspecified atom stereocenters. The van der Waals surface area contributed by atoms with E-state index in [2.05, 4.69) is 17.6 Å². The van der Waals surface area contributed by atoms with Gasteiger partial charge in [0.2, 0.25) is 0 Å². The van der Waals surface area contributed by atoms with Crippen LogP contribution in [0.4, 0.5) is 4.79 Å². The lowest BCUT2D eigenvalue weighted by atomic mass is 10.0. The second-order valence-electron chi connectivity index (χ2n) is 4.97. The number of rotatable bonds is 6. The van der Waals surface area contributed by atoms with E-state index in [1.54, 1.807) is 0 Å². The Morgan fingerprint density at radius 2 is 1.94 bits per heavy atom. The molecule has 0 heterocycles. The van der Waals surface area contributed by atoms with Crippen LogP contribution in [0, 0.1) is 5.41 Å². The number of amides is 2. The zero-order chi connectivity index (χ0) is 13.1. The molecule has 1 rings (SSSR count). The molecule has 4 N–H and O–H groups in total. The lowest BCUT2D eigenvalue weighted by Gasteiger charge is -2.19. The van der Waals surface area contributed by atoms with Crippen molar-refractivity contribution < 1.29 is 19.8 Å². The predicted molar refractivity (Wildman–Crippen MR) is 61.6 cm³/mol. The molecule has 1 aliphatic rings. The lowest BCUT2D eigenvalue weighted by Crippen LogP contribution is -2.49. The van der Waals surface area contributed by atoms with Gasteiger partial charge in [0.25, 0.3) is 0 Å². The van der Waals surface area contributed by atoms with Crippen molar-refractivity contribution >= 4 is 12.0 Å². The monoisotopic (exact) mass is 244 g/mol. The zero-order valence-electron chi connectivity index (χ0n) is 10.2. The van der Waals surface area contributed by atoms with Crippen LogP contribution in [-0.2, 0) is 4.79 Å². The summed E-state index contributed by atoms with van der Waals surface area (Å²) in [5.41, 5.74) is -1.69. The van der Waals surface area contributed by atoms with Gasteiger partial charge in [-0.25, -0.2) is 9.59 Å². The fourth-order valence-corrected chi connectivity index (χ4v) is 1.49. The van der Waals surface area contributed by atoms with Gasteiger partial charge >= 0.3 is 12.0 Å². The minimum Gasteiger partial charge on any atom is -0.479 e. The number of carbonyl (C=O) groups excluding carboxylic acids is 1. The van der Waals surface area contributed by atoms with E-state index >= 15 is 0 Å². The maximum Gasteiger partial charge on any atom is 0.337 e. The molecule has 0 aromatic rings. The van der Waals surface area contributed by atoms with E-state index in [0.717, 1.165) is 26.2 Å². The summed E-state index contributed by atoms with van der Waals surface area (Å²) in [5, 5.41) is 23.1. The highest BCUT2D eigenvalue weighted by molar-refractivity contribution is 5.79. The van der Waals surface area contributed by atoms with Crippen LogP contribution >= 0.6 is 0 Å². The number of nitrogens with one attached hydrogen (secondary N) is 2. The minimum absolute atomic E-state index is 0.243. The number of aliphatic hydroxyl groups is 1. The van der Waals surface area contributed by atoms with Crippen molar-refractivity contribution in [2.75, 3.05) is 13.1 Å². The van der Waals surface area contributed by atoms with Crippen LogP contribution in [0.5, 0.6) is 0 Å². The molecule has 1 fully saturated rings. The largest absolute Gasteiger partial charge is 0.479 e. The van der Waals surface area contributed by atoms with Gasteiger partial charge in [-0.2, -0.15) is 0 Å². The van der Waals surface area contributed by atoms with Gasteiger partial charge in [0, 0.05) is 6.54 Å². The Kier molecular flexibility index (Phi) is 3.98. The van der Waals surface area contributed by atoms with Crippen molar-refractivity contribution in [3.8, 4) is 0 Å². The van der Waals surface area contributed by atoms with Gasteiger partial charge < -0.3 is 20.8 Å². The van der Waals surface area contributed by atoms with Crippen LogP contribution in [0.1, 0.15) is 33.1 Å². The number of aliphatic carboxylic acids is 1. The molecule has 6 heteroatoms. The van der Waals surface area contributed by atoms with Gasteiger partial charge in [0.1, 0.15) is 0 Å². The van der Waals surface area contributed by atoms with Crippen LogP contribution in [0.2, 0.25) is 0 Å². The number of hydrogen-bond acceptors (Lipinski definition) is 3. The molecule has 0 saturated heterocycles. The van der Waals surface area contributed by atoms with Crippen LogP contribution in [0.15, 0.2) is 0 Å². The molecular weight excluding hydrogens is 224 g/mol. The van der Waals surface area contributed by atoms with Gasteiger partial charge in [-0.05, 0) is 31.6 Å². The zero-order valence-corrected chi connectivity index (χ0v) is 10.2. The van der Waals surface area contributed by atoms with Crippen LogP contribution < -0.4 is 10.6 Å². The Bertz CT molecular complexity index is 311. The topological polar surface area (TPSA) is 98.7 Å². The van der Waals surface area contributed by atoms with Crippen molar-refractivity contribution in [1.82, 2.24) is 10.6 Å². The first-order valence-electron chi connectivity index (χ1n) is 5.79. The quantitative estimate of drug-likeness (QED) is 0.540. The second-order valence-corrected chi connectivity index (χ2v) is 4.97. The van der Waals surface area contributed by atoms with Gasteiger partial charge in [0.05, 0.1) is 6.54 Å². The maximum absolute atomic E-state index is 11.4. The smallest absolute Gasteiger partial charge is 0.337 e. The third-order valence-electron chi connectivity index (χ3n) is 3.38. The number of hydrogen-bond donors (Lipinski definition) is 4. The fourth-order valence-electron chi connectivity index (χ4n) is 1.49. The number of carboxylic acid groups (broad SMARTS) is 1. The molecule has 6 nitrogen and oxygen atoms in total. The predicted octanol–water partition coefficient (Wildman–Crippen LogP) is 0.311. The highest BCUT2D eigenvalue weighted by Crippen LogP contribution is 2.47. The first kappa shape index (κ1) is 13.8. The lowest BCUT2D eigenvalue weighted by molar-refractivity contribution is -0.155. The van der Waals surface area contributed by atoms with E-state index in [1.165, 1.54) is 0 Å². The van der Waals surface area contributed by atoms with Crippen molar-refractivity contribution in [1.29, 1.82) is 0 Å². The third-order valence-corrected chi connectivity index (χ3v) is 3.38. The molecule has 0 aromatic heterocycles. The summed E-state index contributed by atoms with van der Waals surface area (Å²) in [4.78, 5) is 22.0. The first-order valence-corrected chi connectivity index (χ1v) is 5.79. The summed E-state index contributed by atoms with van der Waals surface area (Å²) in [6.07, 6.45) is 3.27. The highest BCUT2D eigenvalue weighted by Gasteiger charge is 2.40. The Morgan fingerprint density at radius 1 is 1.35 bits per heavy atom. The van der Waals surface area contributed by atoms with Gasteiger partial charge in [-0.3, -0.25) is 0 Å². The van der Waals surface area contributed by atoms with Crippen LogP contribution in [-0.4, -0.2) is 40.9 Å². The molecule has 1 atom stereocenters. The average Bonchev–Trinajstić information content (AvgIpc) is 3.04. The van der Waals surface area contributed by atoms with E-state index in [9.17, 15) is 14.7 Å². The molecule has 0 aromatic carbocycles. The Balaban J connectivity index is 2.24. The molecule has 0 spiro atoms. The molecule has 98 valence electrons. The Hall–Kier alpha value is -1.30. The molecule has 1 aliphatic carbocycles. The van der Waals surface area contributed by atoms with Gasteiger partial charge in [-0.15, -0.1) is 0 Å². The van der Waals surface area contributed by atoms with Crippen LogP contribution in [0.25, 0.3) is 0 Å². The Labute approximate surface area is 100 Å².